The Morgan fingerprint density at radius 3 is 1.60 bits per heavy atom. The molecule has 0 unspecified atom stereocenters. The molecule has 0 saturated carbocycles. The molecule has 0 aliphatic rings. The summed E-state index contributed by atoms with van der Waals surface area (Å²) in [6.07, 6.45) is 0.603. The molecule has 0 fully saturated rings. The molecule has 0 aliphatic heterocycles. The van der Waals surface area contributed by atoms with Gasteiger partial charge in [0.2, 0.25) is 0 Å². The van der Waals surface area contributed by atoms with Crippen LogP contribution in [0.1, 0.15) is 11.1 Å². The van der Waals surface area contributed by atoms with Crippen LogP contribution in [-0.4, -0.2) is 34.2 Å². The van der Waals surface area contributed by atoms with E-state index >= 15 is 0 Å². The minimum Gasteiger partial charge on any atom is -0.480 e. The molecule has 0 bridgehead atoms. The van der Waals surface area contributed by atoms with Crippen molar-refractivity contribution in [2.45, 2.75) is 24.9 Å². The van der Waals surface area contributed by atoms with E-state index < -0.39 is 24.0 Å². The summed E-state index contributed by atoms with van der Waals surface area (Å²) in [6, 6.07) is 13.2. The van der Waals surface area contributed by atoms with Crippen molar-refractivity contribution in [3.05, 3.63) is 71.5 Å². The molecule has 0 amide bonds. The van der Waals surface area contributed by atoms with Crippen LogP contribution in [0, 0.1) is 5.82 Å². The normalized spacial score (nSPS) is 12.4. The molecule has 0 radical (unpaired) electrons. The van der Waals surface area contributed by atoms with Crippen molar-refractivity contribution < 1.29 is 24.2 Å². The molecule has 7 heteroatoms. The van der Waals surface area contributed by atoms with E-state index in [0.717, 1.165) is 11.1 Å². The quantitative estimate of drug-likeness (QED) is 0.625. The maximum absolute atomic E-state index is 12.4. The van der Waals surface area contributed by atoms with Gasteiger partial charge in [0.1, 0.15) is 17.9 Å². The fourth-order valence-electron chi connectivity index (χ4n) is 1.92. The number of carboxylic acids is 2. The van der Waals surface area contributed by atoms with E-state index in [2.05, 4.69) is 0 Å². The van der Waals surface area contributed by atoms with Gasteiger partial charge in [-0.15, -0.1) is 0 Å². The Labute approximate surface area is 144 Å². The highest BCUT2D eigenvalue weighted by atomic mass is 19.1. The number of carbonyl (C=O) groups is 2. The lowest BCUT2D eigenvalue weighted by Crippen LogP contribution is -2.32. The first-order valence-electron chi connectivity index (χ1n) is 7.54. The van der Waals surface area contributed by atoms with Crippen molar-refractivity contribution in [1.29, 1.82) is 0 Å². The van der Waals surface area contributed by atoms with Gasteiger partial charge in [-0.3, -0.25) is 9.59 Å². The van der Waals surface area contributed by atoms with Crippen molar-refractivity contribution in [3.8, 4) is 0 Å². The van der Waals surface area contributed by atoms with E-state index in [1.165, 1.54) is 24.3 Å². The average molecular weight is 348 g/mol. The summed E-state index contributed by atoms with van der Waals surface area (Å²) in [7, 11) is 0. The highest BCUT2D eigenvalue weighted by Crippen LogP contribution is 2.05. The van der Waals surface area contributed by atoms with Gasteiger partial charge >= 0.3 is 11.9 Å². The van der Waals surface area contributed by atoms with Crippen molar-refractivity contribution in [2.24, 2.45) is 11.5 Å². The minimum absolute atomic E-state index is 0.218. The lowest BCUT2D eigenvalue weighted by molar-refractivity contribution is -0.139. The standard InChI is InChI=1S/C9H10FNO2.C9H11NO2/c10-7-3-1-6(2-4-7)5-8(11)9(12)13;10-8(9(11)12)6-7-4-2-1-3-5-7/h1-4,8H,5,11H2,(H,12,13);1-5,8H,6,10H2,(H,11,12)/t2*8-/m00/s1. The molecule has 0 heterocycles. The zero-order valence-corrected chi connectivity index (χ0v) is 13.5. The minimum atomic E-state index is -1.05. The Morgan fingerprint density at radius 1 is 0.800 bits per heavy atom. The molecule has 0 aliphatic carbocycles. The van der Waals surface area contributed by atoms with Crippen LogP contribution in [0.4, 0.5) is 4.39 Å². The lowest BCUT2D eigenvalue weighted by Gasteiger charge is -2.05. The van der Waals surface area contributed by atoms with Crippen molar-refractivity contribution >= 4 is 11.9 Å². The Kier molecular flexibility index (Phi) is 8.25. The van der Waals surface area contributed by atoms with Crippen LogP contribution in [0.3, 0.4) is 0 Å². The van der Waals surface area contributed by atoms with E-state index in [-0.39, 0.29) is 12.2 Å². The van der Waals surface area contributed by atoms with Crippen LogP contribution in [0.25, 0.3) is 0 Å². The van der Waals surface area contributed by atoms with E-state index in [1.807, 2.05) is 30.3 Å². The first kappa shape index (κ1) is 20.3. The second-order valence-electron chi connectivity index (χ2n) is 5.41. The van der Waals surface area contributed by atoms with Gasteiger partial charge in [0, 0.05) is 0 Å². The Balaban J connectivity index is 0.000000251. The maximum Gasteiger partial charge on any atom is 0.320 e. The average Bonchev–Trinajstić information content (AvgIpc) is 2.58. The molecule has 25 heavy (non-hydrogen) atoms. The first-order valence-corrected chi connectivity index (χ1v) is 7.54. The van der Waals surface area contributed by atoms with Crippen LogP contribution in [0.2, 0.25) is 0 Å². The number of carboxylic acid groups (broad SMARTS) is 2. The summed E-state index contributed by atoms with van der Waals surface area (Å²) in [5.74, 6) is -2.35. The summed E-state index contributed by atoms with van der Waals surface area (Å²) >= 11 is 0. The van der Waals surface area contributed by atoms with E-state index in [0.29, 0.717) is 6.42 Å². The monoisotopic (exact) mass is 348 g/mol. The zero-order valence-electron chi connectivity index (χ0n) is 13.5. The molecule has 6 nitrogen and oxygen atoms in total. The second-order valence-corrected chi connectivity index (χ2v) is 5.41. The largest absolute Gasteiger partial charge is 0.480 e. The second kappa shape index (κ2) is 10.2. The molecule has 2 rings (SSSR count). The number of nitrogens with two attached hydrogens (primary N) is 2. The number of benzene rings is 2. The highest BCUT2D eigenvalue weighted by Gasteiger charge is 2.12. The first-order chi connectivity index (χ1) is 11.8. The van der Waals surface area contributed by atoms with Crippen LogP contribution in [0.5, 0.6) is 0 Å². The molecule has 0 saturated heterocycles. The molecular weight excluding hydrogens is 327 g/mol. The molecule has 134 valence electrons. The Hall–Kier alpha value is -2.77. The van der Waals surface area contributed by atoms with Crippen LogP contribution >= 0.6 is 0 Å². The number of aliphatic carboxylic acids is 2. The third-order valence-corrected chi connectivity index (χ3v) is 3.30. The molecule has 2 aromatic carbocycles. The number of hydrogen-bond donors (Lipinski definition) is 4. The summed E-state index contributed by atoms with van der Waals surface area (Å²) < 4.78 is 12.4. The maximum atomic E-state index is 12.4. The molecule has 0 aromatic heterocycles. The number of rotatable bonds is 6. The molecule has 6 N–H and O–H groups in total. The SMILES string of the molecule is N[C@@H](Cc1ccc(F)cc1)C(=O)O.N[C@@H](Cc1ccccc1)C(=O)O. The van der Waals surface area contributed by atoms with Crippen molar-refractivity contribution in [2.75, 3.05) is 0 Å². The van der Waals surface area contributed by atoms with Gasteiger partial charge in [0.15, 0.2) is 0 Å². The van der Waals surface area contributed by atoms with Gasteiger partial charge in [-0.25, -0.2) is 4.39 Å². The van der Waals surface area contributed by atoms with Gasteiger partial charge in [0.05, 0.1) is 0 Å². The van der Waals surface area contributed by atoms with Crippen molar-refractivity contribution in [3.63, 3.8) is 0 Å². The molecular formula is C18H21FN2O4. The summed E-state index contributed by atoms with van der Waals surface area (Å²) in [5, 5.41) is 17.0. The van der Waals surface area contributed by atoms with Gasteiger partial charge in [-0.1, -0.05) is 42.5 Å². The fraction of sp³-hybridized carbons (Fsp3) is 0.222. The Bertz CT molecular complexity index is 677. The molecule has 2 aromatic rings. The van der Waals surface area contributed by atoms with E-state index in [1.54, 1.807) is 0 Å². The van der Waals surface area contributed by atoms with Crippen LogP contribution < -0.4 is 11.5 Å². The van der Waals surface area contributed by atoms with E-state index in [4.69, 9.17) is 21.7 Å². The van der Waals surface area contributed by atoms with Gasteiger partial charge in [-0.2, -0.15) is 0 Å². The number of halogens is 1. The third-order valence-electron chi connectivity index (χ3n) is 3.30. The van der Waals surface area contributed by atoms with Crippen LogP contribution in [0.15, 0.2) is 54.6 Å². The Morgan fingerprint density at radius 2 is 1.20 bits per heavy atom. The van der Waals surface area contributed by atoms with Gasteiger partial charge in [-0.05, 0) is 36.1 Å². The van der Waals surface area contributed by atoms with Crippen LogP contribution in [-0.2, 0) is 22.4 Å². The third kappa shape index (κ3) is 8.05. The smallest absolute Gasteiger partial charge is 0.320 e. The predicted octanol–water partition coefficient (Wildman–Crippen LogP) is 1.42. The van der Waals surface area contributed by atoms with Gasteiger partial charge in [0.25, 0.3) is 0 Å². The summed E-state index contributed by atoms with van der Waals surface area (Å²) in [6.45, 7) is 0. The summed E-state index contributed by atoms with van der Waals surface area (Å²) in [5.41, 5.74) is 12.3. The zero-order chi connectivity index (χ0) is 18.8. The van der Waals surface area contributed by atoms with Gasteiger partial charge < -0.3 is 21.7 Å². The topological polar surface area (TPSA) is 127 Å². The molecule has 0 spiro atoms. The predicted molar refractivity (Wildman–Crippen MR) is 91.5 cm³/mol. The number of hydrogen-bond acceptors (Lipinski definition) is 4. The fourth-order valence-corrected chi connectivity index (χ4v) is 1.92. The summed E-state index contributed by atoms with van der Waals surface area (Å²) in [4.78, 5) is 20.8. The molecule has 2 atom stereocenters. The van der Waals surface area contributed by atoms with Crippen molar-refractivity contribution in [1.82, 2.24) is 0 Å². The van der Waals surface area contributed by atoms with E-state index in [9.17, 15) is 14.0 Å². The lowest BCUT2D eigenvalue weighted by atomic mass is 10.1. The highest BCUT2D eigenvalue weighted by molar-refractivity contribution is 5.73.